The van der Waals surface area contributed by atoms with Crippen molar-refractivity contribution in [2.24, 2.45) is 0 Å². The first-order chi connectivity index (χ1) is 12.6. The first-order valence-electron chi connectivity index (χ1n) is 8.41. The molecule has 0 amide bonds. The van der Waals surface area contributed by atoms with Crippen LogP contribution in [-0.4, -0.2) is 36.9 Å². The molecule has 0 aromatic heterocycles. The Bertz CT molecular complexity index is 723. The number of hydrogen-bond donors (Lipinski definition) is 1. The Hall–Kier alpha value is -1.53. The van der Waals surface area contributed by atoms with Crippen LogP contribution in [0, 0.1) is 0 Å². The Morgan fingerprint density at radius 1 is 1.00 bits per heavy atom. The number of hydrogen-bond acceptors (Lipinski definition) is 6. The average Bonchev–Trinajstić information content (AvgIpc) is 2.70. The van der Waals surface area contributed by atoms with Crippen LogP contribution in [0.2, 0.25) is 0 Å². The molecule has 1 fully saturated rings. The van der Waals surface area contributed by atoms with Crippen LogP contribution in [0.1, 0.15) is 11.1 Å². The molecule has 140 valence electrons. The van der Waals surface area contributed by atoms with E-state index < -0.39 is 25.6 Å². The van der Waals surface area contributed by atoms with Gasteiger partial charge in [-0.15, -0.1) is 0 Å². The Morgan fingerprint density at radius 3 is 2.08 bits per heavy atom. The molecule has 0 radical (unpaired) electrons. The van der Waals surface area contributed by atoms with Crippen molar-refractivity contribution in [1.82, 2.24) is 0 Å². The predicted octanol–water partition coefficient (Wildman–Crippen LogP) is 3.35. The van der Waals surface area contributed by atoms with Crippen LogP contribution in [0.25, 0.3) is 0 Å². The van der Waals surface area contributed by atoms with Crippen LogP contribution in [-0.2, 0) is 36.3 Å². The van der Waals surface area contributed by atoms with E-state index in [4.69, 9.17) is 18.5 Å². The van der Waals surface area contributed by atoms with Crippen LogP contribution in [0.4, 0.5) is 0 Å². The van der Waals surface area contributed by atoms with Crippen molar-refractivity contribution in [3.8, 4) is 0 Å². The Kier molecular flexibility index (Phi) is 6.59. The van der Waals surface area contributed by atoms with Gasteiger partial charge in [0.1, 0.15) is 12.2 Å². The number of ether oxygens (including phenoxy) is 2. The summed E-state index contributed by atoms with van der Waals surface area (Å²) >= 11 is 0. The Morgan fingerprint density at radius 2 is 1.54 bits per heavy atom. The summed E-state index contributed by atoms with van der Waals surface area (Å²) in [5, 5.41) is 10.5. The Balaban J connectivity index is 1.69. The van der Waals surface area contributed by atoms with Gasteiger partial charge in [0.05, 0.1) is 19.8 Å². The smallest absolute Gasteiger partial charge is 0.361 e. The van der Waals surface area contributed by atoms with Crippen molar-refractivity contribution in [2.45, 2.75) is 31.3 Å². The van der Waals surface area contributed by atoms with E-state index in [2.05, 4.69) is 0 Å². The van der Waals surface area contributed by atoms with E-state index in [9.17, 15) is 9.67 Å². The van der Waals surface area contributed by atoms with Crippen LogP contribution in [0.5, 0.6) is 0 Å². The molecule has 0 spiro atoms. The fourth-order valence-corrected chi connectivity index (χ4v) is 4.23. The summed E-state index contributed by atoms with van der Waals surface area (Å²) in [5.74, 6) is -1.41. The van der Waals surface area contributed by atoms with E-state index in [0.717, 1.165) is 11.1 Å². The van der Waals surface area contributed by atoms with Gasteiger partial charge in [0.15, 0.2) is 5.85 Å². The van der Waals surface area contributed by atoms with Gasteiger partial charge in [-0.1, -0.05) is 60.7 Å². The minimum absolute atomic E-state index is 0.0223. The van der Waals surface area contributed by atoms with Gasteiger partial charge in [-0.3, -0.25) is 4.57 Å². The van der Waals surface area contributed by atoms with Crippen LogP contribution in [0.3, 0.4) is 0 Å². The van der Waals surface area contributed by atoms with Gasteiger partial charge < -0.3 is 23.6 Å². The number of aliphatic hydroxyl groups is 1. The maximum absolute atomic E-state index is 12.5. The van der Waals surface area contributed by atoms with Gasteiger partial charge in [-0.05, 0) is 11.1 Å². The van der Waals surface area contributed by atoms with Gasteiger partial charge in [-0.25, -0.2) is 0 Å². The van der Waals surface area contributed by atoms with Crippen molar-refractivity contribution in [2.75, 3.05) is 13.7 Å². The highest BCUT2D eigenvalue weighted by atomic mass is 31.2. The van der Waals surface area contributed by atoms with Gasteiger partial charge in [0.25, 0.3) is 0 Å². The maximum Gasteiger partial charge on any atom is 0.361 e. The van der Waals surface area contributed by atoms with Crippen LogP contribution in [0.15, 0.2) is 60.7 Å². The largest absolute Gasteiger partial charge is 0.378 e. The Labute approximate surface area is 153 Å². The molecule has 26 heavy (non-hydrogen) atoms. The molecular weight excluding hydrogens is 355 g/mol. The zero-order valence-electron chi connectivity index (χ0n) is 14.6. The second-order valence-electron chi connectivity index (χ2n) is 6.03. The standard InChI is InChI=1S/C19H23O6P/c1-22-26(21)19(20)18(24-13-16-10-6-3-7-11-16)17(14-25-26)23-12-15-8-4-2-5-9-15/h2-11,17-20H,12-14H2,1H3/t17-,18+,19+,26-/m1/s1. The number of aliphatic hydroxyl groups excluding tert-OH is 1. The molecule has 1 N–H and O–H groups in total. The predicted molar refractivity (Wildman–Crippen MR) is 96.6 cm³/mol. The zero-order chi connectivity index (χ0) is 18.4. The van der Waals surface area contributed by atoms with Crippen molar-refractivity contribution < 1.29 is 28.2 Å². The molecule has 4 atom stereocenters. The van der Waals surface area contributed by atoms with E-state index in [1.807, 2.05) is 60.7 Å². The molecule has 0 aliphatic carbocycles. The van der Waals surface area contributed by atoms with Crippen molar-refractivity contribution in [3.05, 3.63) is 71.8 Å². The molecule has 0 unspecified atom stereocenters. The fourth-order valence-electron chi connectivity index (χ4n) is 2.76. The van der Waals surface area contributed by atoms with Crippen molar-refractivity contribution in [1.29, 1.82) is 0 Å². The van der Waals surface area contributed by atoms with E-state index in [1.165, 1.54) is 7.11 Å². The highest BCUT2D eigenvalue weighted by molar-refractivity contribution is 7.54. The summed E-state index contributed by atoms with van der Waals surface area (Å²) in [7, 11) is -2.39. The lowest BCUT2D eigenvalue weighted by molar-refractivity contribution is -0.145. The van der Waals surface area contributed by atoms with Gasteiger partial charge in [0, 0.05) is 7.11 Å². The van der Waals surface area contributed by atoms with E-state index >= 15 is 0 Å². The third-order valence-corrected chi connectivity index (χ3v) is 6.21. The third-order valence-electron chi connectivity index (χ3n) is 4.25. The van der Waals surface area contributed by atoms with Crippen molar-refractivity contribution in [3.63, 3.8) is 0 Å². The summed E-state index contributed by atoms with van der Waals surface area (Å²) in [6.07, 6.45) is -1.38. The lowest BCUT2D eigenvalue weighted by Gasteiger charge is -2.38. The molecule has 1 aliphatic heterocycles. The lowest BCUT2D eigenvalue weighted by atomic mass is 10.2. The molecular formula is C19H23O6P. The molecule has 0 saturated carbocycles. The molecule has 7 heteroatoms. The van der Waals surface area contributed by atoms with E-state index in [0.29, 0.717) is 6.61 Å². The fraction of sp³-hybridized carbons (Fsp3) is 0.368. The second kappa shape index (κ2) is 8.91. The zero-order valence-corrected chi connectivity index (χ0v) is 15.5. The topological polar surface area (TPSA) is 74.2 Å². The second-order valence-corrected chi connectivity index (χ2v) is 8.26. The molecule has 1 saturated heterocycles. The lowest BCUT2D eigenvalue weighted by Crippen LogP contribution is -2.47. The third kappa shape index (κ3) is 4.60. The summed E-state index contributed by atoms with van der Waals surface area (Å²) in [4.78, 5) is 0. The van der Waals surface area contributed by atoms with Crippen molar-refractivity contribution >= 4 is 7.60 Å². The molecule has 0 bridgehead atoms. The first kappa shape index (κ1) is 19.2. The summed E-state index contributed by atoms with van der Waals surface area (Å²) in [5.41, 5.74) is 1.93. The molecule has 2 aromatic rings. The highest BCUT2D eigenvalue weighted by Crippen LogP contribution is 2.56. The monoisotopic (exact) mass is 378 g/mol. The van der Waals surface area contributed by atoms with E-state index in [-0.39, 0.29) is 13.2 Å². The van der Waals surface area contributed by atoms with Crippen LogP contribution < -0.4 is 0 Å². The van der Waals surface area contributed by atoms with Gasteiger partial charge in [-0.2, -0.15) is 0 Å². The maximum atomic E-state index is 12.5. The molecule has 3 rings (SSSR count). The highest BCUT2D eigenvalue weighted by Gasteiger charge is 2.49. The summed E-state index contributed by atoms with van der Waals surface area (Å²) in [6.45, 7) is 0.621. The SMILES string of the molecule is CO[P@@]1(=O)OC[C@@H](OCc2ccccc2)[C@H](OCc2ccccc2)[C@H]1O. The van der Waals surface area contributed by atoms with E-state index in [1.54, 1.807) is 0 Å². The minimum Gasteiger partial charge on any atom is -0.378 e. The minimum atomic E-state index is -3.65. The number of benzene rings is 2. The summed E-state index contributed by atoms with van der Waals surface area (Å²) < 4.78 is 34.5. The number of rotatable bonds is 7. The summed E-state index contributed by atoms with van der Waals surface area (Å²) in [6, 6.07) is 19.2. The van der Waals surface area contributed by atoms with Crippen LogP contribution >= 0.6 is 7.60 Å². The normalized spacial score (nSPS) is 28.8. The first-order valence-corrected chi connectivity index (χ1v) is 10.0. The molecule has 2 aromatic carbocycles. The van der Waals surface area contributed by atoms with Gasteiger partial charge >= 0.3 is 7.60 Å². The quantitative estimate of drug-likeness (QED) is 0.745. The molecule has 1 aliphatic rings. The molecule has 1 heterocycles. The van der Waals surface area contributed by atoms with Gasteiger partial charge in [0.2, 0.25) is 0 Å². The molecule has 6 nitrogen and oxygen atoms in total. The average molecular weight is 378 g/mol.